The topological polar surface area (TPSA) is 67.2 Å². The molecular weight excluding hydrogens is 237 g/mol. The molecule has 1 amide bonds. The number of aromatic nitrogens is 1. The van der Waals surface area contributed by atoms with Crippen molar-refractivity contribution >= 4 is 5.91 Å². The number of nitrogens with one attached hydrogen (secondary N) is 2. The van der Waals surface area contributed by atoms with Crippen LogP contribution in [0.3, 0.4) is 0 Å². The average Bonchev–Trinajstić information content (AvgIpc) is 2.89. The van der Waals surface area contributed by atoms with Gasteiger partial charge in [0, 0.05) is 25.1 Å². The lowest BCUT2D eigenvalue weighted by atomic mass is 10.1. The molecule has 2 rings (SSSR count). The maximum absolute atomic E-state index is 12.9. The molecule has 2 N–H and O–H groups in total. The smallest absolute Gasteiger partial charge is 0.237 e. The SMILES string of the molecule is Cc1noc(C)c1CCNC(=O)[C@H]1C[C@H](F)CN1. The van der Waals surface area contributed by atoms with E-state index in [1.54, 1.807) is 0 Å². The van der Waals surface area contributed by atoms with Crippen molar-refractivity contribution in [3.8, 4) is 0 Å². The van der Waals surface area contributed by atoms with Gasteiger partial charge in [-0.2, -0.15) is 0 Å². The average molecular weight is 255 g/mol. The van der Waals surface area contributed by atoms with Crippen LogP contribution in [0, 0.1) is 13.8 Å². The van der Waals surface area contributed by atoms with E-state index in [1.807, 2.05) is 13.8 Å². The van der Waals surface area contributed by atoms with Crippen LogP contribution in [0.1, 0.15) is 23.4 Å². The van der Waals surface area contributed by atoms with Gasteiger partial charge in [0.15, 0.2) is 0 Å². The summed E-state index contributed by atoms with van der Waals surface area (Å²) in [5.41, 5.74) is 1.88. The second-order valence-corrected chi connectivity index (χ2v) is 4.64. The van der Waals surface area contributed by atoms with Gasteiger partial charge < -0.3 is 15.2 Å². The summed E-state index contributed by atoms with van der Waals surface area (Å²) >= 11 is 0. The maximum Gasteiger partial charge on any atom is 0.237 e. The van der Waals surface area contributed by atoms with E-state index in [-0.39, 0.29) is 18.9 Å². The quantitative estimate of drug-likeness (QED) is 0.829. The molecule has 2 heterocycles. The predicted molar refractivity (Wildman–Crippen MR) is 64.0 cm³/mol. The summed E-state index contributed by atoms with van der Waals surface area (Å²) in [6.45, 7) is 4.50. The van der Waals surface area contributed by atoms with E-state index in [4.69, 9.17) is 4.52 Å². The molecule has 1 aromatic heterocycles. The van der Waals surface area contributed by atoms with Crippen LogP contribution in [-0.4, -0.2) is 36.4 Å². The molecule has 2 atom stereocenters. The number of amides is 1. The highest BCUT2D eigenvalue weighted by molar-refractivity contribution is 5.82. The molecular formula is C12H18FN3O2. The Morgan fingerprint density at radius 3 is 2.94 bits per heavy atom. The van der Waals surface area contributed by atoms with Gasteiger partial charge in [0.05, 0.1) is 11.7 Å². The third-order valence-electron chi connectivity index (χ3n) is 3.25. The molecule has 0 saturated carbocycles. The maximum atomic E-state index is 12.9. The van der Waals surface area contributed by atoms with Crippen molar-refractivity contribution < 1.29 is 13.7 Å². The molecule has 1 aromatic rings. The standard InChI is InChI=1S/C12H18FN3O2/c1-7-10(8(2)18-16-7)3-4-14-12(17)11-5-9(13)6-15-11/h9,11,15H,3-6H2,1-2H3,(H,14,17)/t9-,11+/m0/s1. The zero-order valence-electron chi connectivity index (χ0n) is 10.6. The molecule has 18 heavy (non-hydrogen) atoms. The Morgan fingerprint density at radius 2 is 2.39 bits per heavy atom. The van der Waals surface area contributed by atoms with Crippen molar-refractivity contribution in [2.45, 2.75) is 38.9 Å². The predicted octanol–water partition coefficient (Wildman–Crippen LogP) is 0.650. The van der Waals surface area contributed by atoms with E-state index in [2.05, 4.69) is 15.8 Å². The minimum absolute atomic E-state index is 0.137. The largest absolute Gasteiger partial charge is 0.361 e. The Bertz CT molecular complexity index is 413. The number of nitrogens with zero attached hydrogens (tertiary/aromatic N) is 1. The molecule has 0 aliphatic carbocycles. The van der Waals surface area contributed by atoms with E-state index >= 15 is 0 Å². The number of rotatable bonds is 4. The molecule has 1 saturated heterocycles. The van der Waals surface area contributed by atoms with Crippen molar-refractivity contribution in [1.82, 2.24) is 15.8 Å². The van der Waals surface area contributed by atoms with E-state index < -0.39 is 12.2 Å². The Labute approximate surface area is 105 Å². The number of hydrogen-bond donors (Lipinski definition) is 2. The lowest BCUT2D eigenvalue weighted by Crippen LogP contribution is -2.41. The number of hydrogen-bond acceptors (Lipinski definition) is 4. The molecule has 100 valence electrons. The number of halogens is 1. The normalized spacial score (nSPS) is 23.3. The Kier molecular flexibility index (Phi) is 3.96. The summed E-state index contributed by atoms with van der Waals surface area (Å²) < 4.78 is 18.0. The zero-order chi connectivity index (χ0) is 13.1. The van der Waals surface area contributed by atoms with Crippen molar-refractivity contribution in [1.29, 1.82) is 0 Å². The van der Waals surface area contributed by atoms with Gasteiger partial charge in [-0.05, 0) is 20.3 Å². The van der Waals surface area contributed by atoms with Crippen LogP contribution >= 0.6 is 0 Å². The van der Waals surface area contributed by atoms with Crippen molar-refractivity contribution in [3.63, 3.8) is 0 Å². The van der Waals surface area contributed by atoms with Crippen LogP contribution in [0.25, 0.3) is 0 Å². The van der Waals surface area contributed by atoms with Gasteiger partial charge in [0.1, 0.15) is 11.9 Å². The molecule has 1 aliphatic rings. The number of aryl methyl sites for hydroxylation is 2. The van der Waals surface area contributed by atoms with Crippen molar-refractivity contribution in [2.75, 3.05) is 13.1 Å². The number of carbonyl (C=O) groups excluding carboxylic acids is 1. The first-order valence-corrected chi connectivity index (χ1v) is 6.15. The number of carbonyl (C=O) groups is 1. The van der Waals surface area contributed by atoms with Gasteiger partial charge in [0.25, 0.3) is 0 Å². The second-order valence-electron chi connectivity index (χ2n) is 4.64. The second kappa shape index (κ2) is 5.48. The fraction of sp³-hybridized carbons (Fsp3) is 0.667. The van der Waals surface area contributed by atoms with Gasteiger partial charge in [-0.1, -0.05) is 5.16 Å². The molecule has 6 heteroatoms. The van der Waals surface area contributed by atoms with Gasteiger partial charge >= 0.3 is 0 Å². The summed E-state index contributed by atoms with van der Waals surface area (Å²) in [5, 5.41) is 9.51. The molecule has 0 spiro atoms. The highest BCUT2D eigenvalue weighted by atomic mass is 19.1. The molecule has 5 nitrogen and oxygen atoms in total. The van der Waals surface area contributed by atoms with Gasteiger partial charge in [-0.25, -0.2) is 4.39 Å². The molecule has 0 radical (unpaired) electrons. The third-order valence-corrected chi connectivity index (χ3v) is 3.25. The Morgan fingerprint density at radius 1 is 1.61 bits per heavy atom. The van der Waals surface area contributed by atoms with Crippen molar-refractivity contribution in [3.05, 3.63) is 17.0 Å². The zero-order valence-corrected chi connectivity index (χ0v) is 10.6. The van der Waals surface area contributed by atoms with Crippen LogP contribution in [0.5, 0.6) is 0 Å². The minimum Gasteiger partial charge on any atom is -0.361 e. The number of alkyl halides is 1. The molecule has 0 unspecified atom stereocenters. The summed E-state index contributed by atoms with van der Waals surface area (Å²) in [5.74, 6) is 0.645. The summed E-state index contributed by atoms with van der Waals surface area (Å²) in [7, 11) is 0. The first kappa shape index (κ1) is 13.0. The van der Waals surface area contributed by atoms with Gasteiger partial charge in [0.2, 0.25) is 5.91 Å². The molecule has 1 fully saturated rings. The van der Waals surface area contributed by atoms with Crippen molar-refractivity contribution in [2.24, 2.45) is 0 Å². The van der Waals surface area contributed by atoms with Crippen LogP contribution in [0.15, 0.2) is 4.52 Å². The fourth-order valence-electron chi connectivity index (χ4n) is 2.19. The first-order valence-electron chi connectivity index (χ1n) is 6.15. The van der Waals surface area contributed by atoms with Gasteiger partial charge in [-0.3, -0.25) is 4.79 Å². The summed E-state index contributed by atoms with van der Waals surface area (Å²) in [6.07, 6.45) is 0.0267. The minimum atomic E-state index is -0.914. The summed E-state index contributed by atoms with van der Waals surface area (Å²) in [4.78, 5) is 11.7. The molecule has 1 aliphatic heterocycles. The van der Waals surface area contributed by atoms with Crippen LogP contribution in [0.4, 0.5) is 4.39 Å². The highest BCUT2D eigenvalue weighted by Crippen LogP contribution is 2.13. The monoisotopic (exact) mass is 255 g/mol. The third kappa shape index (κ3) is 2.87. The van der Waals surface area contributed by atoms with Crippen LogP contribution in [-0.2, 0) is 11.2 Å². The lowest BCUT2D eigenvalue weighted by molar-refractivity contribution is -0.122. The Hall–Kier alpha value is -1.43. The fourth-order valence-corrected chi connectivity index (χ4v) is 2.19. The summed E-state index contributed by atoms with van der Waals surface area (Å²) in [6, 6.07) is -0.398. The Balaban J connectivity index is 1.77. The van der Waals surface area contributed by atoms with E-state index in [0.717, 1.165) is 17.0 Å². The molecule has 0 aromatic carbocycles. The van der Waals surface area contributed by atoms with Crippen LogP contribution < -0.4 is 10.6 Å². The van der Waals surface area contributed by atoms with Crippen LogP contribution in [0.2, 0.25) is 0 Å². The highest BCUT2D eigenvalue weighted by Gasteiger charge is 2.28. The van der Waals surface area contributed by atoms with E-state index in [9.17, 15) is 9.18 Å². The lowest BCUT2D eigenvalue weighted by Gasteiger charge is -2.10. The van der Waals surface area contributed by atoms with E-state index in [1.165, 1.54) is 0 Å². The van der Waals surface area contributed by atoms with E-state index in [0.29, 0.717) is 13.0 Å². The molecule has 0 bridgehead atoms. The van der Waals surface area contributed by atoms with Gasteiger partial charge in [-0.15, -0.1) is 0 Å². The first-order chi connectivity index (χ1) is 8.58.